The minimum Gasteiger partial charge on any atom is -0.381 e. The normalized spacial score (nSPS) is 22.5. The van der Waals surface area contributed by atoms with Crippen LogP contribution >= 0.6 is 0 Å². The van der Waals surface area contributed by atoms with Crippen molar-refractivity contribution in [2.75, 3.05) is 31.2 Å². The zero-order valence-electron chi connectivity index (χ0n) is 17.3. The van der Waals surface area contributed by atoms with Crippen LogP contribution in [0.15, 0.2) is 12.3 Å². The number of nitrogens with zero attached hydrogens (tertiary/aromatic N) is 6. The Hall–Kier alpha value is -2.55. The lowest BCUT2D eigenvalue weighted by Gasteiger charge is -2.23. The van der Waals surface area contributed by atoms with Gasteiger partial charge in [-0.15, -0.1) is 10.2 Å². The van der Waals surface area contributed by atoms with Gasteiger partial charge in [-0.1, -0.05) is 6.42 Å². The van der Waals surface area contributed by atoms with E-state index in [1.807, 2.05) is 16.8 Å². The average molecular weight is 412 g/mol. The molecule has 9 heteroatoms. The van der Waals surface area contributed by atoms with Crippen LogP contribution in [-0.2, 0) is 17.7 Å². The summed E-state index contributed by atoms with van der Waals surface area (Å²) in [5.74, 6) is 2.46. The predicted molar refractivity (Wildman–Crippen MR) is 110 cm³/mol. The maximum absolute atomic E-state index is 12.9. The van der Waals surface area contributed by atoms with E-state index in [0.717, 1.165) is 82.3 Å². The number of amides is 1. The quantitative estimate of drug-likeness (QED) is 0.818. The second-order valence-corrected chi connectivity index (χ2v) is 8.48. The first-order chi connectivity index (χ1) is 14.8. The van der Waals surface area contributed by atoms with Crippen molar-refractivity contribution in [3.63, 3.8) is 0 Å². The van der Waals surface area contributed by atoms with Crippen molar-refractivity contribution in [1.29, 1.82) is 0 Å². The number of nitrogens with one attached hydrogen (secondary N) is 1. The Kier molecular flexibility index (Phi) is 5.61. The van der Waals surface area contributed by atoms with Crippen LogP contribution in [0.5, 0.6) is 0 Å². The molecule has 5 heterocycles. The van der Waals surface area contributed by atoms with Gasteiger partial charge in [-0.25, -0.2) is 9.97 Å². The minimum atomic E-state index is -0.126. The third kappa shape index (κ3) is 4.03. The summed E-state index contributed by atoms with van der Waals surface area (Å²) in [7, 11) is 0. The van der Waals surface area contributed by atoms with Crippen molar-refractivity contribution in [2.45, 2.75) is 63.5 Å². The number of aryl methyl sites for hydroxylation is 1. The van der Waals surface area contributed by atoms with Crippen LogP contribution in [0.2, 0.25) is 0 Å². The number of anilines is 1. The molecule has 30 heavy (non-hydrogen) atoms. The number of aromatic nitrogens is 5. The van der Waals surface area contributed by atoms with Gasteiger partial charge in [0.1, 0.15) is 5.82 Å². The van der Waals surface area contributed by atoms with Gasteiger partial charge in [-0.3, -0.25) is 4.79 Å². The van der Waals surface area contributed by atoms with E-state index in [1.54, 1.807) is 0 Å². The summed E-state index contributed by atoms with van der Waals surface area (Å²) in [6.45, 7) is 3.97. The van der Waals surface area contributed by atoms with Gasteiger partial charge in [0.15, 0.2) is 0 Å². The molecule has 5 rings (SSSR count). The number of ether oxygens (including phenoxy) is 1. The SMILES string of the molecule is O=C(NC1CCN(c2nccc(C3CCOCC3)n2)C1)c1nnc2n1CCCCC2. The van der Waals surface area contributed by atoms with Crippen LogP contribution < -0.4 is 10.2 Å². The summed E-state index contributed by atoms with van der Waals surface area (Å²) in [6.07, 6.45) is 9.01. The first-order valence-corrected chi connectivity index (χ1v) is 11.2. The molecule has 9 nitrogen and oxygen atoms in total. The van der Waals surface area contributed by atoms with Gasteiger partial charge in [0.05, 0.1) is 0 Å². The molecule has 2 aromatic rings. The third-order valence-electron chi connectivity index (χ3n) is 6.42. The molecule has 0 radical (unpaired) electrons. The van der Waals surface area contributed by atoms with Gasteiger partial charge in [0, 0.05) is 63.1 Å². The maximum Gasteiger partial charge on any atom is 0.289 e. The summed E-state index contributed by atoms with van der Waals surface area (Å²) in [6, 6.07) is 2.08. The molecule has 2 aromatic heterocycles. The van der Waals surface area contributed by atoms with E-state index in [-0.39, 0.29) is 11.9 Å². The number of hydrogen-bond donors (Lipinski definition) is 1. The molecular formula is C21H29N7O2. The van der Waals surface area contributed by atoms with Crippen molar-refractivity contribution < 1.29 is 9.53 Å². The van der Waals surface area contributed by atoms with Crippen LogP contribution in [0.25, 0.3) is 0 Å². The number of carbonyl (C=O) groups is 1. The molecule has 1 unspecified atom stereocenters. The van der Waals surface area contributed by atoms with E-state index >= 15 is 0 Å². The molecule has 3 aliphatic heterocycles. The van der Waals surface area contributed by atoms with E-state index in [0.29, 0.717) is 18.3 Å². The van der Waals surface area contributed by atoms with Gasteiger partial charge in [-0.05, 0) is 38.2 Å². The van der Waals surface area contributed by atoms with E-state index < -0.39 is 0 Å². The third-order valence-corrected chi connectivity index (χ3v) is 6.42. The Labute approximate surface area is 176 Å². The van der Waals surface area contributed by atoms with E-state index in [1.165, 1.54) is 6.42 Å². The van der Waals surface area contributed by atoms with E-state index in [9.17, 15) is 4.79 Å². The molecule has 1 amide bonds. The monoisotopic (exact) mass is 411 g/mol. The van der Waals surface area contributed by atoms with E-state index in [2.05, 4.69) is 25.4 Å². The summed E-state index contributed by atoms with van der Waals surface area (Å²) < 4.78 is 7.46. The molecule has 1 atom stereocenters. The standard InChI is InChI=1S/C21H29N7O2/c29-20(19-26-25-18-4-2-1-3-10-28(18)19)23-16-6-11-27(14-16)21-22-9-5-17(24-21)15-7-12-30-13-8-15/h5,9,15-16H,1-4,6-8,10-14H2,(H,23,29). The van der Waals surface area contributed by atoms with Crippen molar-refractivity contribution in [2.24, 2.45) is 0 Å². The molecule has 0 spiro atoms. The fourth-order valence-corrected chi connectivity index (χ4v) is 4.70. The minimum absolute atomic E-state index is 0.0616. The predicted octanol–water partition coefficient (Wildman–Crippen LogP) is 1.70. The van der Waals surface area contributed by atoms with Crippen LogP contribution in [0.4, 0.5) is 5.95 Å². The Morgan fingerprint density at radius 2 is 2.00 bits per heavy atom. The maximum atomic E-state index is 12.9. The van der Waals surface area contributed by atoms with Crippen molar-refractivity contribution in [1.82, 2.24) is 30.0 Å². The molecule has 0 aromatic carbocycles. The average Bonchev–Trinajstić information content (AvgIpc) is 3.35. The Morgan fingerprint density at radius 1 is 1.10 bits per heavy atom. The Morgan fingerprint density at radius 3 is 2.90 bits per heavy atom. The van der Waals surface area contributed by atoms with Gasteiger partial charge in [0.2, 0.25) is 11.8 Å². The molecule has 160 valence electrons. The molecule has 1 N–H and O–H groups in total. The van der Waals surface area contributed by atoms with Gasteiger partial charge < -0.3 is 19.5 Å². The Bertz CT molecular complexity index is 893. The topological polar surface area (TPSA) is 98.1 Å². The fourth-order valence-electron chi connectivity index (χ4n) is 4.70. The lowest BCUT2D eigenvalue weighted by Crippen LogP contribution is -2.38. The lowest BCUT2D eigenvalue weighted by atomic mass is 9.96. The van der Waals surface area contributed by atoms with Crippen molar-refractivity contribution in [3.05, 3.63) is 29.6 Å². The van der Waals surface area contributed by atoms with Crippen molar-refractivity contribution in [3.8, 4) is 0 Å². The highest BCUT2D eigenvalue weighted by molar-refractivity contribution is 5.91. The molecule has 0 aliphatic carbocycles. The highest BCUT2D eigenvalue weighted by atomic mass is 16.5. The number of carbonyl (C=O) groups excluding carboxylic acids is 1. The molecule has 2 saturated heterocycles. The van der Waals surface area contributed by atoms with Crippen LogP contribution in [0.3, 0.4) is 0 Å². The van der Waals surface area contributed by atoms with Crippen LogP contribution in [0, 0.1) is 0 Å². The van der Waals surface area contributed by atoms with E-state index in [4.69, 9.17) is 9.72 Å². The van der Waals surface area contributed by atoms with Crippen LogP contribution in [0.1, 0.15) is 66.6 Å². The highest BCUT2D eigenvalue weighted by Gasteiger charge is 2.29. The number of hydrogen-bond acceptors (Lipinski definition) is 7. The van der Waals surface area contributed by atoms with Gasteiger partial charge in [-0.2, -0.15) is 0 Å². The van der Waals surface area contributed by atoms with Crippen LogP contribution in [-0.4, -0.2) is 63.0 Å². The molecule has 0 saturated carbocycles. The molecule has 0 bridgehead atoms. The first-order valence-electron chi connectivity index (χ1n) is 11.2. The first kappa shape index (κ1) is 19.4. The van der Waals surface area contributed by atoms with Gasteiger partial charge >= 0.3 is 0 Å². The second kappa shape index (κ2) is 8.67. The summed E-state index contributed by atoms with van der Waals surface area (Å²) >= 11 is 0. The number of rotatable bonds is 4. The second-order valence-electron chi connectivity index (χ2n) is 8.48. The van der Waals surface area contributed by atoms with Gasteiger partial charge in [0.25, 0.3) is 5.91 Å². The summed E-state index contributed by atoms with van der Waals surface area (Å²) in [4.78, 5) is 24.3. The smallest absolute Gasteiger partial charge is 0.289 e. The summed E-state index contributed by atoms with van der Waals surface area (Å²) in [5.41, 5.74) is 1.10. The number of fused-ring (bicyclic) bond motifs is 1. The Balaban J connectivity index is 1.22. The summed E-state index contributed by atoms with van der Waals surface area (Å²) in [5, 5.41) is 11.6. The zero-order valence-corrected chi connectivity index (χ0v) is 17.3. The molecular weight excluding hydrogens is 382 g/mol. The largest absolute Gasteiger partial charge is 0.381 e. The fraction of sp³-hybridized carbons (Fsp3) is 0.667. The molecule has 3 aliphatic rings. The van der Waals surface area contributed by atoms with Crippen molar-refractivity contribution >= 4 is 11.9 Å². The molecule has 2 fully saturated rings. The highest BCUT2D eigenvalue weighted by Crippen LogP contribution is 2.27. The zero-order chi connectivity index (χ0) is 20.3. The lowest BCUT2D eigenvalue weighted by molar-refractivity contribution is 0.0845.